The van der Waals surface area contributed by atoms with Crippen molar-refractivity contribution in [1.29, 1.82) is 0 Å². The number of ether oxygens (including phenoxy) is 1. The number of guanidine groups is 1. The molecule has 1 heterocycles. The van der Waals surface area contributed by atoms with E-state index in [2.05, 4.69) is 27.5 Å². The van der Waals surface area contributed by atoms with Gasteiger partial charge in [-0.3, -0.25) is 9.98 Å². The van der Waals surface area contributed by atoms with E-state index in [4.69, 9.17) is 4.74 Å². The third-order valence-electron chi connectivity index (χ3n) is 3.36. The fourth-order valence-electron chi connectivity index (χ4n) is 2.06. The van der Waals surface area contributed by atoms with Gasteiger partial charge in [-0.15, -0.1) is 0 Å². The van der Waals surface area contributed by atoms with Gasteiger partial charge in [0, 0.05) is 26.3 Å². The summed E-state index contributed by atoms with van der Waals surface area (Å²) >= 11 is 0. The minimum absolute atomic E-state index is 0.178. The average Bonchev–Trinajstić information content (AvgIpc) is 2.61. The van der Waals surface area contributed by atoms with E-state index in [-0.39, 0.29) is 5.75 Å². The Bertz CT molecular complexity index is 661. The van der Waals surface area contributed by atoms with Gasteiger partial charge in [-0.25, -0.2) is 4.39 Å². The molecule has 1 aromatic carbocycles. The third-order valence-corrected chi connectivity index (χ3v) is 3.36. The van der Waals surface area contributed by atoms with Crippen molar-refractivity contribution in [2.75, 3.05) is 13.6 Å². The molecule has 2 aromatic rings. The fraction of sp³-hybridized carbons (Fsp3) is 0.333. The molecule has 0 fully saturated rings. The third kappa shape index (κ3) is 5.53. The Hall–Kier alpha value is -2.63. The highest BCUT2D eigenvalue weighted by Gasteiger charge is 2.07. The number of hydrogen-bond donors (Lipinski definition) is 2. The number of unbranched alkanes of at least 4 members (excludes halogenated alkanes) is 1. The van der Waals surface area contributed by atoms with Crippen LogP contribution in [0.25, 0.3) is 0 Å². The van der Waals surface area contributed by atoms with Crippen LogP contribution in [0.5, 0.6) is 11.5 Å². The summed E-state index contributed by atoms with van der Waals surface area (Å²) in [5.74, 6) is 0.978. The van der Waals surface area contributed by atoms with Crippen molar-refractivity contribution >= 4 is 5.96 Å². The number of pyridine rings is 1. The number of hydrogen-bond acceptors (Lipinski definition) is 3. The topological polar surface area (TPSA) is 58.5 Å². The number of nitrogens with zero attached hydrogens (tertiary/aromatic N) is 2. The van der Waals surface area contributed by atoms with E-state index in [0.717, 1.165) is 24.9 Å². The first-order chi connectivity index (χ1) is 11.7. The first-order valence-corrected chi connectivity index (χ1v) is 8.03. The molecule has 0 spiro atoms. The second-order valence-electron chi connectivity index (χ2n) is 5.26. The van der Waals surface area contributed by atoms with Crippen LogP contribution in [0.3, 0.4) is 0 Å². The van der Waals surface area contributed by atoms with Gasteiger partial charge in [-0.1, -0.05) is 19.4 Å². The minimum atomic E-state index is -0.410. The maximum Gasteiger partial charge on any atom is 0.191 e. The fourth-order valence-corrected chi connectivity index (χ4v) is 2.06. The number of halogens is 1. The lowest BCUT2D eigenvalue weighted by Crippen LogP contribution is -2.37. The molecule has 128 valence electrons. The first kappa shape index (κ1) is 17.7. The molecule has 0 aliphatic rings. The normalized spacial score (nSPS) is 11.2. The molecule has 0 saturated heterocycles. The Kier molecular flexibility index (Phi) is 7.01. The van der Waals surface area contributed by atoms with Gasteiger partial charge in [-0.2, -0.15) is 0 Å². The van der Waals surface area contributed by atoms with Gasteiger partial charge in [0.2, 0.25) is 0 Å². The molecule has 0 aliphatic carbocycles. The average molecular weight is 330 g/mol. The molecule has 0 bridgehead atoms. The van der Waals surface area contributed by atoms with Gasteiger partial charge in [0.1, 0.15) is 5.75 Å². The van der Waals surface area contributed by atoms with E-state index in [0.29, 0.717) is 18.3 Å². The Morgan fingerprint density at radius 2 is 2.17 bits per heavy atom. The van der Waals surface area contributed by atoms with Crippen LogP contribution in [-0.2, 0) is 6.54 Å². The van der Waals surface area contributed by atoms with Crippen molar-refractivity contribution < 1.29 is 9.13 Å². The van der Waals surface area contributed by atoms with Crippen molar-refractivity contribution in [3.8, 4) is 11.5 Å². The van der Waals surface area contributed by atoms with Crippen LogP contribution in [0.15, 0.2) is 47.7 Å². The number of aliphatic imine (C=N–C) groups is 1. The summed E-state index contributed by atoms with van der Waals surface area (Å²) in [5, 5.41) is 6.38. The molecule has 24 heavy (non-hydrogen) atoms. The lowest BCUT2D eigenvalue weighted by Gasteiger charge is -2.12. The summed E-state index contributed by atoms with van der Waals surface area (Å²) in [7, 11) is 1.71. The van der Waals surface area contributed by atoms with Crippen molar-refractivity contribution in [3.63, 3.8) is 0 Å². The Morgan fingerprint density at radius 3 is 2.83 bits per heavy atom. The molecule has 0 aliphatic heterocycles. The number of rotatable bonds is 7. The molecule has 0 unspecified atom stereocenters. The zero-order valence-electron chi connectivity index (χ0n) is 14.1. The first-order valence-electron chi connectivity index (χ1n) is 8.03. The van der Waals surface area contributed by atoms with Gasteiger partial charge in [0.05, 0.1) is 6.20 Å². The molecular formula is C18H23FN4O. The molecule has 6 heteroatoms. The Labute approximate surface area is 142 Å². The quantitative estimate of drug-likeness (QED) is 0.464. The van der Waals surface area contributed by atoms with E-state index in [1.54, 1.807) is 37.6 Å². The van der Waals surface area contributed by atoms with Gasteiger partial charge in [-0.05, 0) is 36.2 Å². The molecule has 2 rings (SSSR count). The zero-order chi connectivity index (χ0) is 17.2. The predicted octanol–water partition coefficient (Wildman–Crippen LogP) is 3.48. The number of nitrogens with one attached hydrogen (secondary N) is 2. The van der Waals surface area contributed by atoms with Gasteiger partial charge < -0.3 is 15.4 Å². The molecule has 1 aromatic heterocycles. The highest BCUT2D eigenvalue weighted by Crippen LogP contribution is 2.24. The molecule has 5 nitrogen and oxygen atoms in total. The summed E-state index contributed by atoms with van der Waals surface area (Å²) in [6.07, 6.45) is 5.38. The van der Waals surface area contributed by atoms with Crippen LogP contribution in [-0.4, -0.2) is 24.5 Å². The van der Waals surface area contributed by atoms with Gasteiger partial charge in [0.25, 0.3) is 0 Å². The van der Waals surface area contributed by atoms with Crippen LogP contribution in [0.1, 0.15) is 25.3 Å². The lowest BCUT2D eigenvalue weighted by atomic mass is 10.2. The second kappa shape index (κ2) is 9.50. The predicted molar refractivity (Wildman–Crippen MR) is 93.8 cm³/mol. The summed E-state index contributed by atoms with van der Waals surface area (Å²) < 4.78 is 19.7. The summed E-state index contributed by atoms with van der Waals surface area (Å²) in [6.45, 7) is 3.48. The van der Waals surface area contributed by atoms with E-state index < -0.39 is 5.82 Å². The monoisotopic (exact) mass is 330 g/mol. The van der Waals surface area contributed by atoms with Gasteiger partial charge in [0.15, 0.2) is 17.5 Å². The maximum absolute atomic E-state index is 14.2. The largest absolute Gasteiger partial charge is 0.453 e. The molecule has 0 radical (unpaired) electrons. The number of benzene rings is 1. The van der Waals surface area contributed by atoms with Gasteiger partial charge >= 0.3 is 0 Å². The standard InChI is InChI=1S/C18H23FN4O/c1-3-4-10-22-18(20-2)23-12-14-7-8-17(16(19)11-14)24-15-6-5-9-21-13-15/h5-9,11,13H,3-4,10,12H2,1-2H3,(H2,20,22,23). The molecule has 0 atom stereocenters. The highest BCUT2D eigenvalue weighted by molar-refractivity contribution is 5.79. The van der Waals surface area contributed by atoms with Crippen molar-refractivity contribution in [2.24, 2.45) is 4.99 Å². The van der Waals surface area contributed by atoms with Crippen molar-refractivity contribution in [1.82, 2.24) is 15.6 Å². The maximum atomic E-state index is 14.2. The second-order valence-corrected chi connectivity index (χ2v) is 5.26. The van der Waals surface area contributed by atoms with Crippen LogP contribution in [0.4, 0.5) is 4.39 Å². The molecule has 0 saturated carbocycles. The highest BCUT2D eigenvalue weighted by atomic mass is 19.1. The zero-order valence-corrected chi connectivity index (χ0v) is 14.1. The molecule has 0 amide bonds. The molecule has 2 N–H and O–H groups in total. The van der Waals surface area contributed by atoms with Crippen molar-refractivity contribution in [2.45, 2.75) is 26.3 Å². The smallest absolute Gasteiger partial charge is 0.191 e. The minimum Gasteiger partial charge on any atom is -0.453 e. The summed E-state index contributed by atoms with van der Waals surface area (Å²) in [6, 6.07) is 8.36. The van der Waals surface area contributed by atoms with E-state index in [1.807, 2.05) is 6.07 Å². The Morgan fingerprint density at radius 1 is 1.29 bits per heavy atom. The van der Waals surface area contributed by atoms with Crippen LogP contribution >= 0.6 is 0 Å². The molecular weight excluding hydrogens is 307 g/mol. The van der Waals surface area contributed by atoms with Crippen LogP contribution in [0.2, 0.25) is 0 Å². The van der Waals surface area contributed by atoms with E-state index in [9.17, 15) is 4.39 Å². The van der Waals surface area contributed by atoms with Crippen LogP contribution in [0, 0.1) is 5.82 Å². The van der Waals surface area contributed by atoms with Crippen molar-refractivity contribution in [3.05, 3.63) is 54.1 Å². The van der Waals surface area contributed by atoms with E-state index >= 15 is 0 Å². The number of aromatic nitrogens is 1. The summed E-state index contributed by atoms with van der Waals surface area (Å²) in [4.78, 5) is 8.08. The SMILES string of the molecule is CCCCNC(=NC)NCc1ccc(Oc2cccnc2)c(F)c1. The lowest BCUT2D eigenvalue weighted by molar-refractivity contribution is 0.440. The summed E-state index contributed by atoms with van der Waals surface area (Å²) in [5.41, 5.74) is 0.810. The Balaban J connectivity index is 1.92. The van der Waals surface area contributed by atoms with E-state index in [1.165, 1.54) is 6.07 Å². The van der Waals surface area contributed by atoms with Crippen LogP contribution < -0.4 is 15.4 Å².